The average Bonchev–Trinajstić information content (AvgIpc) is 3.15. The average molecular weight is 333 g/mol. The Bertz CT molecular complexity index is 638. The molecule has 2 N–H and O–H groups in total. The molecule has 0 aliphatic carbocycles. The number of aromatic nitrogens is 1. The number of piperidine rings is 1. The van der Waals surface area contributed by atoms with E-state index in [0.29, 0.717) is 29.3 Å². The lowest BCUT2D eigenvalue weighted by Gasteiger charge is -2.32. The van der Waals surface area contributed by atoms with Crippen molar-refractivity contribution in [2.75, 3.05) is 20.2 Å². The minimum absolute atomic E-state index is 0.116. The minimum Gasteiger partial charge on any atom is -0.465 e. The summed E-state index contributed by atoms with van der Waals surface area (Å²) in [4.78, 5) is 30.4. The summed E-state index contributed by atoms with van der Waals surface area (Å²) in [6, 6.07) is 0.663. The fourth-order valence-electron chi connectivity index (χ4n) is 4.19. The van der Waals surface area contributed by atoms with Gasteiger partial charge >= 0.3 is 5.97 Å². The van der Waals surface area contributed by atoms with Crippen LogP contribution in [0.3, 0.4) is 0 Å². The van der Waals surface area contributed by atoms with Crippen LogP contribution in [0.2, 0.25) is 0 Å². The minimum atomic E-state index is -0.390. The molecule has 2 atom stereocenters. The van der Waals surface area contributed by atoms with Crippen LogP contribution in [0.4, 0.5) is 0 Å². The zero-order chi connectivity index (χ0) is 17.3. The van der Waals surface area contributed by atoms with Gasteiger partial charge in [0.1, 0.15) is 5.69 Å². The molecule has 1 aromatic heterocycles. The van der Waals surface area contributed by atoms with E-state index >= 15 is 0 Å². The number of ether oxygens (including phenoxy) is 1. The number of carbonyl (C=O) groups is 2. The third kappa shape index (κ3) is 2.95. The number of nitrogens with one attached hydrogen (secondary N) is 2. The van der Waals surface area contributed by atoms with E-state index in [1.807, 2.05) is 6.92 Å². The molecule has 2 saturated heterocycles. The van der Waals surface area contributed by atoms with E-state index in [2.05, 4.69) is 15.2 Å². The largest absolute Gasteiger partial charge is 0.465 e. The highest BCUT2D eigenvalue weighted by molar-refractivity contribution is 6.00. The van der Waals surface area contributed by atoms with Crippen LogP contribution in [-0.2, 0) is 11.2 Å². The van der Waals surface area contributed by atoms with Crippen LogP contribution in [-0.4, -0.2) is 54.0 Å². The number of methoxy groups -OCH3 is 1. The highest BCUT2D eigenvalue weighted by Crippen LogP contribution is 2.28. The van der Waals surface area contributed by atoms with Crippen molar-refractivity contribution >= 4 is 11.9 Å². The summed E-state index contributed by atoms with van der Waals surface area (Å²) in [5, 5.41) is 3.19. The molecule has 6 nitrogen and oxygen atoms in total. The van der Waals surface area contributed by atoms with Gasteiger partial charge in [-0.2, -0.15) is 0 Å². The van der Waals surface area contributed by atoms with Gasteiger partial charge in [-0.15, -0.1) is 0 Å². The van der Waals surface area contributed by atoms with Gasteiger partial charge in [-0.3, -0.25) is 9.69 Å². The molecule has 3 rings (SSSR count). The number of fused-ring (bicyclic) bond motifs is 1. The molecular formula is C18H27N3O3. The Balaban J connectivity index is 1.78. The maximum absolute atomic E-state index is 12.8. The number of esters is 1. The first-order valence-electron chi connectivity index (χ1n) is 8.91. The molecule has 1 aromatic rings. The standard InChI is InChI=1S/C18H27N3O3/c1-4-12-15(18(23)24-3)11(2)16(19-12)17(22)20-13-8-10-21-9-6-5-7-14(13)21/h13-14,19H,4-10H2,1-3H3,(H,20,22). The monoisotopic (exact) mass is 333 g/mol. The Hall–Kier alpha value is -1.82. The molecule has 132 valence electrons. The van der Waals surface area contributed by atoms with E-state index in [9.17, 15) is 9.59 Å². The van der Waals surface area contributed by atoms with Gasteiger partial charge < -0.3 is 15.0 Å². The van der Waals surface area contributed by atoms with Gasteiger partial charge in [0.05, 0.1) is 12.7 Å². The van der Waals surface area contributed by atoms with Crippen LogP contribution >= 0.6 is 0 Å². The first-order valence-corrected chi connectivity index (χ1v) is 8.91. The molecule has 1 amide bonds. The van der Waals surface area contributed by atoms with Crippen LogP contribution in [0.25, 0.3) is 0 Å². The molecule has 0 aromatic carbocycles. The summed E-state index contributed by atoms with van der Waals surface area (Å²) in [5.74, 6) is -0.506. The zero-order valence-electron chi connectivity index (χ0n) is 14.8. The molecule has 0 spiro atoms. The van der Waals surface area contributed by atoms with Gasteiger partial charge in [-0.25, -0.2) is 4.79 Å². The van der Waals surface area contributed by atoms with E-state index in [4.69, 9.17) is 4.74 Å². The Labute approximate surface area is 142 Å². The molecule has 2 unspecified atom stereocenters. The molecule has 2 aliphatic rings. The van der Waals surface area contributed by atoms with Gasteiger partial charge in [0, 0.05) is 24.3 Å². The second-order valence-corrected chi connectivity index (χ2v) is 6.79. The number of amides is 1. The fourth-order valence-corrected chi connectivity index (χ4v) is 4.19. The molecule has 2 fully saturated rings. The molecule has 0 radical (unpaired) electrons. The Kier molecular flexibility index (Phi) is 4.94. The highest BCUT2D eigenvalue weighted by Gasteiger charge is 2.37. The van der Waals surface area contributed by atoms with Gasteiger partial charge in [0.25, 0.3) is 5.91 Å². The topological polar surface area (TPSA) is 74.4 Å². The molecule has 6 heteroatoms. The van der Waals surface area contributed by atoms with Gasteiger partial charge in [0.15, 0.2) is 0 Å². The normalized spacial score (nSPS) is 23.8. The predicted octanol–water partition coefficient (Wildman–Crippen LogP) is 2.03. The Morgan fingerprint density at radius 3 is 2.79 bits per heavy atom. The van der Waals surface area contributed by atoms with Gasteiger partial charge in [0.2, 0.25) is 0 Å². The second-order valence-electron chi connectivity index (χ2n) is 6.79. The zero-order valence-corrected chi connectivity index (χ0v) is 14.8. The fraction of sp³-hybridized carbons (Fsp3) is 0.667. The molecule has 2 aliphatic heterocycles. The van der Waals surface area contributed by atoms with Crippen LogP contribution in [0.1, 0.15) is 64.7 Å². The van der Waals surface area contributed by atoms with Crippen molar-refractivity contribution in [2.45, 2.75) is 58.0 Å². The summed E-state index contributed by atoms with van der Waals surface area (Å²) >= 11 is 0. The first-order chi connectivity index (χ1) is 11.6. The molecule has 24 heavy (non-hydrogen) atoms. The SMILES string of the molecule is CCc1[nH]c(C(=O)NC2CCN3CCCCC23)c(C)c1C(=O)OC. The van der Waals surface area contributed by atoms with Gasteiger partial charge in [-0.1, -0.05) is 13.3 Å². The van der Waals surface area contributed by atoms with E-state index in [1.165, 1.54) is 20.0 Å². The molecule has 0 bridgehead atoms. The van der Waals surface area contributed by atoms with Crippen molar-refractivity contribution < 1.29 is 14.3 Å². The van der Waals surface area contributed by atoms with Crippen molar-refractivity contribution in [1.29, 1.82) is 0 Å². The summed E-state index contributed by atoms with van der Waals surface area (Å²) in [7, 11) is 1.37. The van der Waals surface area contributed by atoms with E-state index < -0.39 is 0 Å². The number of H-pyrrole nitrogens is 1. The smallest absolute Gasteiger partial charge is 0.339 e. The molecule has 0 saturated carbocycles. The second kappa shape index (κ2) is 6.97. The Morgan fingerprint density at radius 2 is 2.08 bits per heavy atom. The van der Waals surface area contributed by atoms with Crippen molar-refractivity contribution in [3.05, 3.63) is 22.5 Å². The quantitative estimate of drug-likeness (QED) is 0.827. The summed E-state index contributed by atoms with van der Waals surface area (Å²) in [5.41, 5.74) is 2.42. The Morgan fingerprint density at radius 1 is 1.29 bits per heavy atom. The lowest BCUT2D eigenvalue weighted by atomic mass is 9.99. The lowest BCUT2D eigenvalue weighted by molar-refractivity contribution is 0.0599. The number of carbonyl (C=O) groups excluding carboxylic acids is 2. The first kappa shape index (κ1) is 17.0. The van der Waals surface area contributed by atoms with E-state index in [0.717, 1.165) is 31.6 Å². The summed E-state index contributed by atoms with van der Waals surface area (Å²) in [6.07, 6.45) is 5.30. The van der Waals surface area contributed by atoms with Crippen molar-refractivity contribution in [1.82, 2.24) is 15.2 Å². The van der Waals surface area contributed by atoms with E-state index in [1.54, 1.807) is 6.92 Å². The maximum Gasteiger partial charge on any atom is 0.339 e. The number of nitrogens with zero attached hydrogens (tertiary/aromatic N) is 1. The lowest BCUT2D eigenvalue weighted by Crippen LogP contribution is -2.47. The van der Waals surface area contributed by atoms with Crippen molar-refractivity contribution in [2.24, 2.45) is 0 Å². The van der Waals surface area contributed by atoms with Crippen LogP contribution in [0.5, 0.6) is 0 Å². The number of aromatic amines is 1. The molecular weight excluding hydrogens is 306 g/mol. The third-order valence-electron chi connectivity index (χ3n) is 5.47. The summed E-state index contributed by atoms with van der Waals surface area (Å²) < 4.78 is 4.86. The number of rotatable bonds is 4. The number of hydrogen-bond acceptors (Lipinski definition) is 4. The van der Waals surface area contributed by atoms with Crippen LogP contribution in [0.15, 0.2) is 0 Å². The molecule has 3 heterocycles. The third-order valence-corrected chi connectivity index (χ3v) is 5.47. The number of hydrogen-bond donors (Lipinski definition) is 2. The van der Waals surface area contributed by atoms with Crippen LogP contribution < -0.4 is 5.32 Å². The maximum atomic E-state index is 12.8. The highest BCUT2D eigenvalue weighted by atomic mass is 16.5. The summed E-state index contributed by atoms with van der Waals surface area (Å²) in [6.45, 7) is 5.96. The van der Waals surface area contributed by atoms with E-state index in [-0.39, 0.29) is 17.9 Å². The van der Waals surface area contributed by atoms with Crippen LogP contribution in [0, 0.1) is 6.92 Å². The van der Waals surface area contributed by atoms with Crippen molar-refractivity contribution in [3.8, 4) is 0 Å². The number of aryl methyl sites for hydroxylation is 1. The predicted molar refractivity (Wildman–Crippen MR) is 91.3 cm³/mol. The van der Waals surface area contributed by atoms with Crippen molar-refractivity contribution in [3.63, 3.8) is 0 Å². The van der Waals surface area contributed by atoms with Gasteiger partial charge in [-0.05, 0) is 44.7 Å².